The number of morpholine rings is 1. The molecule has 188 valence electrons. The molecular formula is C24H31N5O4S2. The highest BCUT2D eigenvalue weighted by molar-refractivity contribution is 7.80. The van der Waals surface area contributed by atoms with Crippen LogP contribution in [0.15, 0.2) is 29.6 Å². The van der Waals surface area contributed by atoms with E-state index in [4.69, 9.17) is 21.7 Å². The molecule has 3 heterocycles. The number of ether oxygens (including phenoxy) is 2. The van der Waals surface area contributed by atoms with Gasteiger partial charge in [0.05, 0.1) is 36.2 Å². The molecule has 0 spiro atoms. The molecule has 4 rings (SSSR count). The summed E-state index contributed by atoms with van der Waals surface area (Å²) in [4.78, 5) is 33.5. The zero-order valence-electron chi connectivity index (χ0n) is 19.8. The van der Waals surface area contributed by atoms with Gasteiger partial charge in [0.2, 0.25) is 0 Å². The number of esters is 1. The van der Waals surface area contributed by atoms with Crippen molar-refractivity contribution in [2.45, 2.75) is 25.7 Å². The van der Waals surface area contributed by atoms with Crippen molar-refractivity contribution in [2.75, 3.05) is 62.8 Å². The Morgan fingerprint density at radius 2 is 1.94 bits per heavy atom. The molecule has 11 heteroatoms. The molecule has 0 aliphatic carbocycles. The van der Waals surface area contributed by atoms with Crippen LogP contribution in [0, 0.1) is 0 Å². The van der Waals surface area contributed by atoms with Crippen molar-refractivity contribution < 1.29 is 19.1 Å². The van der Waals surface area contributed by atoms with Crippen LogP contribution in [-0.2, 0) is 14.3 Å². The van der Waals surface area contributed by atoms with E-state index in [0.717, 1.165) is 55.4 Å². The van der Waals surface area contributed by atoms with Crippen molar-refractivity contribution in [1.29, 1.82) is 0 Å². The lowest BCUT2D eigenvalue weighted by atomic mass is 9.98. The number of aromatic nitrogens is 1. The number of carbonyl (C=O) groups is 2. The van der Waals surface area contributed by atoms with E-state index in [-0.39, 0.29) is 24.3 Å². The van der Waals surface area contributed by atoms with Gasteiger partial charge in [-0.25, -0.2) is 4.98 Å². The van der Waals surface area contributed by atoms with Crippen molar-refractivity contribution in [3.8, 4) is 0 Å². The lowest BCUT2D eigenvalue weighted by Crippen LogP contribution is -2.45. The Labute approximate surface area is 214 Å². The largest absolute Gasteiger partial charge is 0.465 e. The Kier molecular flexibility index (Phi) is 8.89. The van der Waals surface area contributed by atoms with Crippen molar-refractivity contribution in [3.63, 3.8) is 0 Å². The highest BCUT2D eigenvalue weighted by atomic mass is 32.1. The van der Waals surface area contributed by atoms with Crippen LogP contribution in [0.25, 0.3) is 0 Å². The number of nitrogens with zero attached hydrogens (tertiary/aromatic N) is 3. The van der Waals surface area contributed by atoms with Gasteiger partial charge in [-0.3, -0.25) is 9.59 Å². The second-order valence-corrected chi connectivity index (χ2v) is 9.64. The second kappa shape index (κ2) is 12.3. The van der Waals surface area contributed by atoms with E-state index < -0.39 is 0 Å². The lowest BCUT2D eigenvalue weighted by molar-refractivity contribution is -0.141. The highest BCUT2D eigenvalue weighted by Crippen LogP contribution is 2.31. The molecule has 0 bridgehead atoms. The standard InChI is InChI=1S/C24H31N5O4S2/c1-2-33-21(30)15-25-24(34)29-9-7-17(8-10-29)23-27-19(16-35-23)22(31)26-18-5-3-4-6-20(18)28-11-13-32-14-12-28/h3-6,16-17H,2,7-15H2,1H3,(H,25,34)(H,26,31). The van der Waals surface area contributed by atoms with Crippen molar-refractivity contribution in [3.05, 3.63) is 40.3 Å². The van der Waals surface area contributed by atoms with Gasteiger partial charge in [0.15, 0.2) is 5.11 Å². The fourth-order valence-corrected chi connectivity index (χ4v) is 5.45. The van der Waals surface area contributed by atoms with Gasteiger partial charge >= 0.3 is 5.97 Å². The Balaban J connectivity index is 1.30. The number of hydrogen-bond acceptors (Lipinski definition) is 8. The zero-order valence-corrected chi connectivity index (χ0v) is 21.5. The van der Waals surface area contributed by atoms with Gasteiger partial charge in [0, 0.05) is 37.5 Å². The summed E-state index contributed by atoms with van der Waals surface area (Å²) >= 11 is 6.95. The summed E-state index contributed by atoms with van der Waals surface area (Å²) in [5, 5.41) is 9.39. The first-order valence-corrected chi connectivity index (χ1v) is 13.2. The number of rotatable bonds is 7. The zero-order chi connectivity index (χ0) is 24.6. The fourth-order valence-electron chi connectivity index (χ4n) is 4.23. The number of nitrogens with one attached hydrogen (secondary N) is 2. The molecule has 35 heavy (non-hydrogen) atoms. The number of benzene rings is 1. The molecule has 2 saturated heterocycles. The molecule has 9 nitrogen and oxygen atoms in total. The highest BCUT2D eigenvalue weighted by Gasteiger charge is 2.26. The average Bonchev–Trinajstić information content (AvgIpc) is 3.39. The molecule has 2 fully saturated rings. The second-order valence-electron chi connectivity index (χ2n) is 8.37. The molecule has 1 amide bonds. The van der Waals surface area contributed by atoms with Gasteiger partial charge in [-0.05, 0) is 44.1 Å². The van der Waals surface area contributed by atoms with Crippen LogP contribution < -0.4 is 15.5 Å². The van der Waals surface area contributed by atoms with Crippen LogP contribution >= 0.6 is 23.6 Å². The first kappa shape index (κ1) is 25.3. The monoisotopic (exact) mass is 517 g/mol. The van der Waals surface area contributed by atoms with E-state index in [1.165, 1.54) is 11.3 Å². The maximum absolute atomic E-state index is 13.0. The summed E-state index contributed by atoms with van der Waals surface area (Å²) in [5.74, 6) is -0.229. The van der Waals surface area contributed by atoms with E-state index in [1.807, 2.05) is 29.6 Å². The molecule has 2 N–H and O–H groups in total. The Hall–Kier alpha value is -2.76. The molecule has 0 atom stereocenters. The minimum Gasteiger partial charge on any atom is -0.465 e. The van der Waals surface area contributed by atoms with Gasteiger partial charge in [0.1, 0.15) is 12.2 Å². The number of thiazole rings is 1. The minimum atomic E-state index is -0.314. The number of piperidine rings is 1. The third kappa shape index (κ3) is 6.68. The van der Waals surface area contributed by atoms with Gasteiger partial charge in [0.25, 0.3) is 5.91 Å². The van der Waals surface area contributed by atoms with E-state index in [1.54, 1.807) is 6.92 Å². The van der Waals surface area contributed by atoms with Crippen LogP contribution in [0.3, 0.4) is 0 Å². The number of anilines is 2. The van der Waals surface area contributed by atoms with Gasteiger partial charge in [-0.1, -0.05) is 12.1 Å². The van der Waals surface area contributed by atoms with Gasteiger partial charge in [-0.15, -0.1) is 11.3 Å². The number of likely N-dealkylation sites (tertiary alicyclic amines) is 1. The van der Waals surface area contributed by atoms with E-state index in [2.05, 4.69) is 25.4 Å². The maximum atomic E-state index is 13.0. The predicted molar refractivity (Wildman–Crippen MR) is 140 cm³/mol. The summed E-state index contributed by atoms with van der Waals surface area (Å²) < 4.78 is 10.4. The van der Waals surface area contributed by atoms with E-state index in [0.29, 0.717) is 30.6 Å². The van der Waals surface area contributed by atoms with Crippen molar-refractivity contribution in [1.82, 2.24) is 15.2 Å². The Bertz CT molecular complexity index is 1030. The summed E-state index contributed by atoms with van der Waals surface area (Å²) in [7, 11) is 0. The van der Waals surface area contributed by atoms with E-state index >= 15 is 0 Å². The normalized spacial score (nSPS) is 16.6. The molecule has 1 aromatic carbocycles. The lowest BCUT2D eigenvalue weighted by Gasteiger charge is -2.33. The summed E-state index contributed by atoms with van der Waals surface area (Å²) in [5.41, 5.74) is 2.22. The van der Waals surface area contributed by atoms with Crippen LogP contribution in [0.4, 0.5) is 11.4 Å². The summed E-state index contributed by atoms with van der Waals surface area (Å²) in [6.07, 6.45) is 1.77. The Morgan fingerprint density at radius 3 is 2.69 bits per heavy atom. The Morgan fingerprint density at radius 1 is 1.20 bits per heavy atom. The van der Waals surface area contributed by atoms with E-state index in [9.17, 15) is 9.59 Å². The molecule has 0 saturated carbocycles. The summed E-state index contributed by atoms with van der Waals surface area (Å²) in [6.45, 7) is 6.72. The predicted octanol–water partition coefficient (Wildman–Crippen LogP) is 2.85. The number of carbonyl (C=O) groups excluding carboxylic acids is 2. The molecule has 2 aromatic rings. The average molecular weight is 518 g/mol. The van der Waals surface area contributed by atoms with Crippen molar-refractivity contribution >= 4 is 51.9 Å². The van der Waals surface area contributed by atoms with Gasteiger partial charge < -0.3 is 29.9 Å². The molecule has 2 aliphatic heterocycles. The molecule has 1 aromatic heterocycles. The van der Waals surface area contributed by atoms with Gasteiger partial charge in [-0.2, -0.15) is 0 Å². The van der Waals surface area contributed by atoms with Crippen molar-refractivity contribution in [2.24, 2.45) is 0 Å². The number of amides is 1. The van der Waals surface area contributed by atoms with Crippen LogP contribution in [0.1, 0.15) is 41.2 Å². The smallest absolute Gasteiger partial charge is 0.325 e. The first-order chi connectivity index (χ1) is 17.0. The summed E-state index contributed by atoms with van der Waals surface area (Å²) in [6, 6.07) is 7.84. The molecule has 0 radical (unpaired) electrons. The van der Waals surface area contributed by atoms with Crippen LogP contribution in [-0.4, -0.2) is 79.4 Å². The third-order valence-electron chi connectivity index (χ3n) is 6.08. The fraction of sp³-hybridized carbons (Fsp3) is 0.500. The topological polar surface area (TPSA) is 96.0 Å². The number of thiocarbonyl (C=S) groups is 1. The van der Waals surface area contributed by atoms with Crippen LogP contribution in [0.2, 0.25) is 0 Å². The maximum Gasteiger partial charge on any atom is 0.325 e. The molecular weight excluding hydrogens is 486 g/mol. The minimum absolute atomic E-state index is 0.0756. The third-order valence-corrected chi connectivity index (χ3v) is 7.49. The SMILES string of the molecule is CCOC(=O)CNC(=S)N1CCC(c2nc(C(=O)Nc3ccccc3N3CCOCC3)cs2)CC1. The number of para-hydroxylation sites is 2. The molecule has 2 aliphatic rings. The quantitative estimate of drug-likeness (QED) is 0.425. The first-order valence-electron chi connectivity index (χ1n) is 11.9. The van der Waals surface area contributed by atoms with Crippen LogP contribution in [0.5, 0.6) is 0 Å². The number of hydrogen-bond donors (Lipinski definition) is 2. The molecule has 0 unspecified atom stereocenters.